The molecule has 0 aromatic rings. The zero-order chi connectivity index (χ0) is 36.5. The van der Waals surface area contributed by atoms with Gasteiger partial charge in [-0.05, 0) is 51.4 Å². The summed E-state index contributed by atoms with van der Waals surface area (Å²) in [5.74, 6) is -0.906. The van der Waals surface area contributed by atoms with Crippen molar-refractivity contribution in [1.29, 1.82) is 0 Å². The van der Waals surface area contributed by atoms with Gasteiger partial charge in [0.05, 0.1) is 25.4 Å². The molecule has 0 aromatic carbocycles. The number of unbranched alkanes of at least 4 members (excludes halogenated alkanes) is 13. The Morgan fingerprint density at radius 3 is 1.96 bits per heavy atom. The smallest absolute Gasteiger partial charge is 0.462 e. The Balaban J connectivity index is 2.28. The minimum Gasteiger partial charge on any atom is -0.462 e. The average Bonchev–Trinajstić information content (AvgIpc) is 3.85. The molecule has 11 heteroatoms. The van der Waals surface area contributed by atoms with Gasteiger partial charge in [-0.3, -0.25) is 18.6 Å². The number of epoxide rings is 1. The molecular formula is C39H70NO9P. The second-order valence-corrected chi connectivity index (χ2v) is 14.6. The van der Waals surface area contributed by atoms with Gasteiger partial charge in [-0.25, -0.2) is 4.57 Å². The van der Waals surface area contributed by atoms with Gasteiger partial charge in [-0.1, -0.05) is 127 Å². The fraction of sp³-hybridized carbons (Fsp3) is 0.795. The maximum absolute atomic E-state index is 12.6. The number of phosphoric acid groups is 1. The maximum atomic E-state index is 12.6. The second-order valence-electron chi connectivity index (χ2n) is 13.2. The van der Waals surface area contributed by atoms with Gasteiger partial charge in [0, 0.05) is 19.4 Å². The highest BCUT2D eigenvalue weighted by Gasteiger charge is 2.36. The van der Waals surface area contributed by atoms with Crippen LogP contribution < -0.4 is 5.73 Å². The predicted molar refractivity (Wildman–Crippen MR) is 201 cm³/mol. The summed E-state index contributed by atoms with van der Waals surface area (Å²) in [6.45, 7) is 3.59. The number of rotatable bonds is 35. The zero-order valence-electron chi connectivity index (χ0n) is 31.3. The van der Waals surface area contributed by atoms with Crippen molar-refractivity contribution in [2.24, 2.45) is 5.73 Å². The molecule has 10 nitrogen and oxygen atoms in total. The summed E-state index contributed by atoms with van der Waals surface area (Å²) in [5, 5.41) is 0. The van der Waals surface area contributed by atoms with Crippen LogP contribution in [0.25, 0.3) is 0 Å². The SMILES string of the molecule is CCCCC/C=C\C/C=C\C/C=C\CC1OC1CCCC(=O)O[C@H](COC(=O)CCCCCCCCCCCCC)COP(=O)(O)OCCN. The van der Waals surface area contributed by atoms with Crippen LogP contribution in [0.2, 0.25) is 0 Å². The monoisotopic (exact) mass is 727 g/mol. The topological polar surface area (TPSA) is 147 Å². The molecule has 1 aliphatic heterocycles. The van der Waals surface area contributed by atoms with Crippen LogP contribution in [0.4, 0.5) is 0 Å². The van der Waals surface area contributed by atoms with Crippen LogP contribution in [-0.4, -0.2) is 61.5 Å². The minimum absolute atomic E-state index is 0.0412. The van der Waals surface area contributed by atoms with Crippen LogP contribution in [0.3, 0.4) is 0 Å². The molecule has 1 rings (SSSR count). The number of hydrogen-bond donors (Lipinski definition) is 2. The number of phosphoric ester groups is 1. The van der Waals surface area contributed by atoms with E-state index in [1.807, 2.05) is 0 Å². The lowest BCUT2D eigenvalue weighted by atomic mass is 10.1. The van der Waals surface area contributed by atoms with E-state index in [1.165, 1.54) is 70.6 Å². The number of allylic oxidation sites excluding steroid dienone is 5. The molecule has 0 radical (unpaired) electrons. The summed E-state index contributed by atoms with van der Waals surface area (Å²) in [7, 11) is -4.39. The minimum atomic E-state index is -4.39. The molecule has 1 fully saturated rings. The van der Waals surface area contributed by atoms with Gasteiger partial charge in [-0.15, -0.1) is 0 Å². The van der Waals surface area contributed by atoms with Crippen molar-refractivity contribution in [2.45, 2.75) is 173 Å². The van der Waals surface area contributed by atoms with E-state index < -0.39 is 32.5 Å². The molecule has 0 aromatic heterocycles. The van der Waals surface area contributed by atoms with E-state index in [-0.39, 0.29) is 44.8 Å². The molecule has 0 spiro atoms. The number of carbonyl (C=O) groups is 2. The lowest BCUT2D eigenvalue weighted by molar-refractivity contribution is -0.161. The first kappa shape index (κ1) is 46.2. The van der Waals surface area contributed by atoms with Crippen molar-refractivity contribution in [3.05, 3.63) is 36.5 Å². The highest BCUT2D eigenvalue weighted by atomic mass is 31.2. The van der Waals surface area contributed by atoms with Gasteiger partial charge < -0.3 is 24.8 Å². The Kier molecular flexibility index (Phi) is 29.5. The number of carbonyl (C=O) groups excluding carboxylic acids is 2. The van der Waals surface area contributed by atoms with Gasteiger partial charge in [0.15, 0.2) is 6.10 Å². The Bertz CT molecular complexity index is 987. The molecule has 3 N–H and O–H groups in total. The van der Waals surface area contributed by atoms with Crippen molar-refractivity contribution in [3.8, 4) is 0 Å². The standard InChI is InChI=1S/C39H70NO9P/c1-3-5-7-9-11-13-15-17-18-20-22-24-27-36-37(49-36)28-26-30-39(42)48-35(34-47-50(43,44)46-32-31-40)33-45-38(41)29-25-23-21-19-16-14-12-10-8-6-4-2/h11,13,17-18,22,24,35-37H,3-10,12,14-16,19-21,23,25-34,40H2,1-2H3,(H,43,44)/b13-11-,18-17-,24-22-/t35-,36?,37?/m1/s1. The number of hydrogen-bond acceptors (Lipinski definition) is 9. The summed E-state index contributed by atoms with van der Waals surface area (Å²) >= 11 is 0. The third-order valence-electron chi connectivity index (χ3n) is 8.45. The van der Waals surface area contributed by atoms with Gasteiger partial charge in [0.25, 0.3) is 0 Å². The normalized spacial score (nSPS) is 17.8. The first-order chi connectivity index (χ1) is 24.3. The predicted octanol–water partition coefficient (Wildman–Crippen LogP) is 9.59. The van der Waals surface area contributed by atoms with Crippen molar-refractivity contribution < 1.29 is 42.3 Å². The van der Waals surface area contributed by atoms with Crippen LogP contribution in [0.15, 0.2) is 36.5 Å². The highest BCUT2D eigenvalue weighted by molar-refractivity contribution is 7.47. The van der Waals surface area contributed by atoms with Gasteiger partial charge in [-0.2, -0.15) is 0 Å². The van der Waals surface area contributed by atoms with Crippen LogP contribution >= 0.6 is 7.82 Å². The molecule has 3 unspecified atom stereocenters. The largest absolute Gasteiger partial charge is 0.472 e. The fourth-order valence-corrected chi connectivity index (χ4v) is 6.19. The van der Waals surface area contributed by atoms with Crippen LogP contribution in [0.5, 0.6) is 0 Å². The molecule has 1 saturated heterocycles. The molecule has 0 aliphatic carbocycles. The number of esters is 2. The molecule has 0 amide bonds. The van der Waals surface area contributed by atoms with Gasteiger partial charge in [0.2, 0.25) is 0 Å². The van der Waals surface area contributed by atoms with E-state index in [1.54, 1.807) is 0 Å². The zero-order valence-corrected chi connectivity index (χ0v) is 32.2. The van der Waals surface area contributed by atoms with E-state index in [0.717, 1.165) is 51.4 Å². The van der Waals surface area contributed by atoms with E-state index in [4.69, 9.17) is 29.0 Å². The first-order valence-electron chi connectivity index (χ1n) is 19.6. The average molecular weight is 728 g/mol. The van der Waals surface area contributed by atoms with Gasteiger partial charge >= 0.3 is 19.8 Å². The summed E-state index contributed by atoms with van der Waals surface area (Å²) in [6, 6.07) is 0. The quantitative estimate of drug-likeness (QED) is 0.0213. The second kappa shape index (κ2) is 31.9. The lowest BCUT2D eigenvalue weighted by Crippen LogP contribution is -2.29. The molecule has 0 bridgehead atoms. The van der Waals surface area contributed by atoms with E-state index in [9.17, 15) is 19.0 Å². The Labute approximate surface area is 303 Å². The van der Waals surface area contributed by atoms with Crippen LogP contribution in [-0.2, 0) is 37.4 Å². The highest BCUT2D eigenvalue weighted by Crippen LogP contribution is 2.43. The molecule has 1 aliphatic rings. The fourth-order valence-electron chi connectivity index (χ4n) is 5.43. The molecule has 4 atom stereocenters. The molecular weight excluding hydrogens is 657 g/mol. The maximum Gasteiger partial charge on any atom is 0.472 e. The Morgan fingerprint density at radius 2 is 1.30 bits per heavy atom. The van der Waals surface area contributed by atoms with E-state index >= 15 is 0 Å². The van der Waals surface area contributed by atoms with Gasteiger partial charge in [0.1, 0.15) is 6.61 Å². The Hall–Kier alpha value is -1.81. The molecule has 50 heavy (non-hydrogen) atoms. The third kappa shape index (κ3) is 28.8. The summed E-state index contributed by atoms with van der Waals surface area (Å²) in [4.78, 5) is 34.8. The van der Waals surface area contributed by atoms with Crippen molar-refractivity contribution >= 4 is 19.8 Å². The Morgan fingerprint density at radius 1 is 0.720 bits per heavy atom. The van der Waals surface area contributed by atoms with Crippen molar-refractivity contribution in [3.63, 3.8) is 0 Å². The number of nitrogens with two attached hydrogens (primary N) is 1. The summed E-state index contributed by atoms with van der Waals surface area (Å²) in [5.41, 5.74) is 5.33. The molecule has 1 heterocycles. The van der Waals surface area contributed by atoms with Crippen LogP contribution in [0, 0.1) is 0 Å². The molecule has 290 valence electrons. The van der Waals surface area contributed by atoms with Crippen LogP contribution in [0.1, 0.15) is 155 Å². The number of ether oxygens (including phenoxy) is 3. The van der Waals surface area contributed by atoms with Crippen molar-refractivity contribution in [2.75, 3.05) is 26.4 Å². The first-order valence-corrected chi connectivity index (χ1v) is 21.1. The van der Waals surface area contributed by atoms with Crippen molar-refractivity contribution in [1.82, 2.24) is 0 Å². The van der Waals surface area contributed by atoms with E-state index in [0.29, 0.717) is 6.42 Å². The third-order valence-corrected chi connectivity index (χ3v) is 9.44. The lowest BCUT2D eigenvalue weighted by Gasteiger charge is -2.19. The van der Waals surface area contributed by atoms with E-state index in [2.05, 4.69) is 50.3 Å². The molecule has 0 saturated carbocycles. The summed E-state index contributed by atoms with van der Waals surface area (Å²) in [6.07, 6.45) is 34.8. The summed E-state index contributed by atoms with van der Waals surface area (Å²) < 4.78 is 38.4.